The highest BCUT2D eigenvalue weighted by molar-refractivity contribution is 5.91. The first kappa shape index (κ1) is 19.2. The van der Waals surface area contributed by atoms with Crippen LogP contribution in [-0.4, -0.2) is 33.9 Å². The summed E-state index contributed by atoms with van der Waals surface area (Å²) >= 11 is 0. The number of hydrogen-bond donors (Lipinski definition) is 1. The molecule has 1 aliphatic heterocycles. The molecule has 1 amide bonds. The summed E-state index contributed by atoms with van der Waals surface area (Å²) in [5.41, 5.74) is 1.80. The number of fused-ring (bicyclic) bond motifs is 1. The third kappa shape index (κ3) is 4.12. The van der Waals surface area contributed by atoms with Gasteiger partial charge in [0.1, 0.15) is 11.6 Å². The molecule has 4 heterocycles. The lowest BCUT2D eigenvalue weighted by atomic mass is 9.95. The van der Waals surface area contributed by atoms with Crippen molar-refractivity contribution in [3.05, 3.63) is 72.9 Å². The van der Waals surface area contributed by atoms with E-state index in [4.69, 9.17) is 14.4 Å². The van der Waals surface area contributed by atoms with Gasteiger partial charge in [-0.1, -0.05) is 12.1 Å². The van der Waals surface area contributed by atoms with Gasteiger partial charge in [0.05, 0.1) is 18.3 Å². The fourth-order valence-corrected chi connectivity index (χ4v) is 4.01. The van der Waals surface area contributed by atoms with Gasteiger partial charge in [0.2, 0.25) is 5.91 Å². The number of amides is 1. The molecule has 0 bridgehead atoms. The first-order valence-electron chi connectivity index (χ1n) is 10.5. The molecule has 0 aliphatic carbocycles. The van der Waals surface area contributed by atoms with Gasteiger partial charge in [-0.05, 0) is 49.2 Å². The van der Waals surface area contributed by atoms with Crippen molar-refractivity contribution in [2.24, 2.45) is 5.92 Å². The lowest BCUT2D eigenvalue weighted by Crippen LogP contribution is -2.40. The van der Waals surface area contributed by atoms with E-state index in [-0.39, 0.29) is 11.8 Å². The third-order valence-corrected chi connectivity index (χ3v) is 5.69. The van der Waals surface area contributed by atoms with Crippen LogP contribution in [0, 0.1) is 5.92 Å². The van der Waals surface area contributed by atoms with E-state index in [1.54, 1.807) is 18.7 Å². The maximum absolute atomic E-state index is 12.6. The van der Waals surface area contributed by atoms with Gasteiger partial charge < -0.3 is 14.6 Å². The van der Waals surface area contributed by atoms with Crippen molar-refractivity contribution in [1.82, 2.24) is 20.3 Å². The number of furan rings is 1. The molecule has 0 unspecified atom stereocenters. The van der Waals surface area contributed by atoms with Crippen LogP contribution in [0.2, 0.25) is 0 Å². The van der Waals surface area contributed by atoms with E-state index in [1.165, 1.54) is 0 Å². The molecule has 1 aromatic carbocycles. The van der Waals surface area contributed by atoms with E-state index < -0.39 is 0 Å². The second-order valence-corrected chi connectivity index (χ2v) is 7.69. The van der Waals surface area contributed by atoms with Gasteiger partial charge in [-0.15, -0.1) is 0 Å². The summed E-state index contributed by atoms with van der Waals surface area (Å²) in [5, 5.41) is 4.01. The van der Waals surface area contributed by atoms with Gasteiger partial charge in [0.15, 0.2) is 5.82 Å². The van der Waals surface area contributed by atoms with Gasteiger partial charge in [-0.3, -0.25) is 9.78 Å². The molecule has 5 rings (SSSR count). The summed E-state index contributed by atoms with van der Waals surface area (Å²) in [6, 6.07) is 15.6. The van der Waals surface area contributed by atoms with Crippen molar-refractivity contribution in [1.29, 1.82) is 0 Å². The Kier molecular flexibility index (Phi) is 5.31. The van der Waals surface area contributed by atoms with Crippen LogP contribution in [0.5, 0.6) is 0 Å². The van der Waals surface area contributed by atoms with Gasteiger partial charge >= 0.3 is 0 Å². The highest BCUT2D eigenvalue weighted by Crippen LogP contribution is 2.30. The Hall–Kier alpha value is -3.74. The van der Waals surface area contributed by atoms with Crippen molar-refractivity contribution in [3.63, 3.8) is 0 Å². The average Bonchev–Trinajstić information content (AvgIpc) is 3.36. The van der Waals surface area contributed by atoms with Crippen LogP contribution in [-0.2, 0) is 11.3 Å². The summed E-state index contributed by atoms with van der Waals surface area (Å²) in [6.45, 7) is 1.97. The normalized spacial score (nSPS) is 14.6. The van der Waals surface area contributed by atoms with Crippen molar-refractivity contribution >= 4 is 22.6 Å². The molecule has 1 saturated heterocycles. The highest BCUT2D eigenvalue weighted by atomic mass is 16.3. The van der Waals surface area contributed by atoms with E-state index in [2.05, 4.69) is 21.3 Å². The van der Waals surface area contributed by atoms with Crippen LogP contribution in [0.4, 0.5) is 5.82 Å². The van der Waals surface area contributed by atoms with Gasteiger partial charge in [0.25, 0.3) is 0 Å². The first-order chi connectivity index (χ1) is 15.3. The van der Waals surface area contributed by atoms with Crippen LogP contribution in [0.15, 0.2) is 71.6 Å². The van der Waals surface area contributed by atoms with Crippen LogP contribution in [0.1, 0.15) is 18.6 Å². The van der Waals surface area contributed by atoms with Crippen molar-refractivity contribution in [2.75, 3.05) is 18.0 Å². The van der Waals surface area contributed by atoms with Crippen molar-refractivity contribution in [2.45, 2.75) is 19.4 Å². The van der Waals surface area contributed by atoms with E-state index >= 15 is 0 Å². The maximum Gasteiger partial charge on any atom is 0.223 e. The number of rotatable bonds is 5. The summed E-state index contributed by atoms with van der Waals surface area (Å²) in [6.07, 6.45) is 6.71. The minimum Gasteiger partial charge on any atom is -0.467 e. The molecular formula is C24H23N5O2. The largest absolute Gasteiger partial charge is 0.467 e. The number of nitrogens with one attached hydrogen (secondary N) is 1. The summed E-state index contributed by atoms with van der Waals surface area (Å²) in [4.78, 5) is 28.7. The Balaban J connectivity index is 1.34. The Bertz CT molecular complexity index is 1170. The van der Waals surface area contributed by atoms with Crippen LogP contribution < -0.4 is 10.2 Å². The van der Waals surface area contributed by atoms with E-state index in [9.17, 15) is 4.79 Å². The standard InChI is InChI=1S/C24H23N5O2/c30-24(26-16-19-6-4-14-31-19)17-9-12-29(13-10-17)23-20-7-1-2-8-21(20)27-22(28-23)18-5-3-11-25-15-18/h1-8,11,14-15,17H,9-10,12-13,16H2,(H,26,30). The quantitative estimate of drug-likeness (QED) is 0.536. The summed E-state index contributed by atoms with van der Waals surface area (Å²) in [7, 11) is 0. The molecule has 1 N–H and O–H groups in total. The number of pyridine rings is 1. The van der Waals surface area contributed by atoms with Crippen LogP contribution in [0.3, 0.4) is 0 Å². The number of anilines is 1. The number of aromatic nitrogens is 3. The molecular weight excluding hydrogens is 390 g/mol. The fraction of sp³-hybridized carbons (Fsp3) is 0.250. The lowest BCUT2D eigenvalue weighted by molar-refractivity contribution is -0.125. The van der Waals surface area contributed by atoms with E-state index in [0.29, 0.717) is 12.4 Å². The molecule has 3 aromatic heterocycles. The second kappa shape index (κ2) is 8.55. The zero-order valence-electron chi connectivity index (χ0n) is 17.1. The van der Waals surface area contributed by atoms with E-state index in [0.717, 1.165) is 54.0 Å². The van der Waals surface area contributed by atoms with Crippen molar-refractivity contribution in [3.8, 4) is 11.4 Å². The molecule has 1 aliphatic rings. The third-order valence-electron chi connectivity index (χ3n) is 5.69. The summed E-state index contributed by atoms with van der Waals surface area (Å²) in [5.74, 6) is 2.43. The van der Waals surface area contributed by atoms with Crippen LogP contribution >= 0.6 is 0 Å². The SMILES string of the molecule is O=C(NCc1ccco1)C1CCN(c2nc(-c3cccnc3)nc3ccccc23)CC1. The predicted molar refractivity (Wildman–Crippen MR) is 118 cm³/mol. The molecule has 0 spiro atoms. The van der Waals surface area contributed by atoms with Gasteiger partial charge in [0, 0.05) is 42.4 Å². The fourth-order valence-electron chi connectivity index (χ4n) is 4.01. The minimum atomic E-state index is -0.00268. The van der Waals surface area contributed by atoms with Crippen molar-refractivity contribution < 1.29 is 9.21 Å². The number of hydrogen-bond acceptors (Lipinski definition) is 6. The van der Waals surface area contributed by atoms with Crippen LogP contribution in [0.25, 0.3) is 22.3 Å². The molecule has 4 aromatic rings. The smallest absolute Gasteiger partial charge is 0.223 e. The monoisotopic (exact) mass is 413 g/mol. The maximum atomic E-state index is 12.6. The highest BCUT2D eigenvalue weighted by Gasteiger charge is 2.27. The Morgan fingerprint density at radius 2 is 1.94 bits per heavy atom. The number of benzene rings is 1. The molecule has 31 heavy (non-hydrogen) atoms. The second-order valence-electron chi connectivity index (χ2n) is 7.69. The lowest BCUT2D eigenvalue weighted by Gasteiger charge is -2.33. The van der Waals surface area contributed by atoms with Gasteiger partial charge in [-0.25, -0.2) is 9.97 Å². The number of piperidine rings is 1. The Morgan fingerprint density at radius 3 is 2.71 bits per heavy atom. The first-order valence-corrected chi connectivity index (χ1v) is 10.5. The molecule has 7 nitrogen and oxygen atoms in total. The number of para-hydroxylation sites is 1. The number of carbonyl (C=O) groups excluding carboxylic acids is 1. The number of nitrogens with zero attached hydrogens (tertiary/aromatic N) is 4. The zero-order valence-corrected chi connectivity index (χ0v) is 17.1. The molecule has 156 valence electrons. The molecule has 7 heteroatoms. The zero-order chi connectivity index (χ0) is 21.0. The van der Waals surface area contributed by atoms with Gasteiger partial charge in [-0.2, -0.15) is 0 Å². The number of carbonyl (C=O) groups is 1. The molecule has 0 radical (unpaired) electrons. The predicted octanol–water partition coefficient (Wildman–Crippen LogP) is 3.82. The summed E-state index contributed by atoms with van der Waals surface area (Å²) < 4.78 is 5.29. The Morgan fingerprint density at radius 1 is 1.06 bits per heavy atom. The minimum absolute atomic E-state index is 0.00268. The van der Waals surface area contributed by atoms with E-state index in [1.807, 2.05) is 42.5 Å². The molecule has 1 fully saturated rings. The Labute approximate surface area is 180 Å². The topological polar surface area (TPSA) is 84.2 Å². The average molecular weight is 413 g/mol. The molecule has 0 saturated carbocycles. The molecule has 0 atom stereocenters.